The summed E-state index contributed by atoms with van der Waals surface area (Å²) in [4.78, 5) is 24.7. The molecule has 1 N–H and O–H groups in total. The van der Waals surface area contributed by atoms with Crippen molar-refractivity contribution in [3.05, 3.63) is 12.2 Å². The van der Waals surface area contributed by atoms with Gasteiger partial charge >= 0.3 is 11.9 Å². The first-order valence-corrected chi connectivity index (χ1v) is 7.26. The Hall–Kier alpha value is -1.40. The fraction of sp³-hybridized carbons (Fsp3) is 0.733. The molecule has 0 aromatic heterocycles. The lowest BCUT2D eigenvalue weighted by atomic mass is 9.53. The molecule has 21 heavy (non-hydrogen) atoms. The van der Waals surface area contributed by atoms with Gasteiger partial charge in [-0.1, -0.05) is 12.2 Å². The molecule has 0 aromatic carbocycles. The normalized spacial score (nSPS) is 62.0. The smallest absolute Gasteiger partial charge is 0.342 e. The van der Waals surface area contributed by atoms with E-state index in [1.54, 1.807) is 6.92 Å². The molecule has 1 spiro atoms. The molecule has 2 aliphatic carbocycles. The Balaban J connectivity index is 1.78. The van der Waals surface area contributed by atoms with E-state index in [2.05, 4.69) is 6.58 Å². The molecule has 3 heterocycles. The lowest BCUT2D eigenvalue weighted by Gasteiger charge is -2.51. The second-order valence-corrected chi connectivity index (χ2v) is 7.25. The topological polar surface area (TPSA) is 85.4 Å². The van der Waals surface area contributed by atoms with Crippen molar-refractivity contribution < 1.29 is 28.9 Å². The second-order valence-electron chi connectivity index (χ2n) is 7.25. The van der Waals surface area contributed by atoms with Crippen LogP contribution >= 0.6 is 0 Å². The fourth-order valence-electron chi connectivity index (χ4n) is 5.59. The summed E-state index contributed by atoms with van der Waals surface area (Å²) < 4.78 is 16.6. The van der Waals surface area contributed by atoms with Crippen LogP contribution in [0.4, 0.5) is 0 Å². The van der Waals surface area contributed by atoms with E-state index in [0.29, 0.717) is 0 Å². The molecule has 5 aliphatic rings. The molecule has 5 rings (SSSR count). The highest BCUT2D eigenvalue weighted by Crippen LogP contribution is 2.76. The van der Waals surface area contributed by atoms with Gasteiger partial charge in [-0.3, -0.25) is 4.79 Å². The van der Waals surface area contributed by atoms with Crippen molar-refractivity contribution in [1.82, 2.24) is 0 Å². The van der Waals surface area contributed by atoms with Crippen LogP contribution in [0.3, 0.4) is 0 Å². The van der Waals surface area contributed by atoms with Crippen LogP contribution < -0.4 is 0 Å². The molecule has 0 radical (unpaired) electrons. The van der Waals surface area contributed by atoms with Crippen LogP contribution in [-0.4, -0.2) is 46.6 Å². The van der Waals surface area contributed by atoms with Gasteiger partial charge in [-0.2, -0.15) is 0 Å². The number of aliphatic hydroxyl groups is 1. The summed E-state index contributed by atoms with van der Waals surface area (Å²) in [6.07, 6.45) is -1.34. The standard InChI is InChI=1S/C15H16O6/c1-5(2)7-8-11(16)19-9(7)10-13(3)14(8,18)4-6-15(13,21-6)12(17)20-10/h6-10,18H,1,4H2,2-3H3/t6?,7-,8+,9+,10+,13+,14+,15?/m0/s1. The lowest BCUT2D eigenvalue weighted by Crippen LogP contribution is -2.66. The Morgan fingerprint density at radius 1 is 1.38 bits per heavy atom. The summed E-state index contributed by atoms with van der Waals surface area (Å²) in [5, 5.41) is 11.4. The maximum Gasteiger partial charge on any atom is 0.342 e. The summed E-state index contributed by atoms with van der Waals surface area (Å²) >= 11 is 0. The summed E-state index contributed by atoms with van der Waals surface area (Å²) in [7, 11) is 0. The first-order chi connectivity index (χ1) is 9.79. The van der Waals surface area contributed by atoms with Gasteiger partial charge in [0.2, 0.25) is 5.60 Å². The number of carbonyl (C=O) groups is 2. The maximum absolute atomic E-state index is 12.3. The number of hydrogen-bond acceptors (Lipinski definition) is 6. The molecule has 0 amide bonds. The molecule has 2 saturated carbocycles. The molecule has 3 saturated heterocycles. The van der Waals surface area contributed by atoms with Crippen molar-refractivity contribution in [1.29, 1.82) is 0 Å². The monoisotopic (exact) mass is 292 g/mol. The van der Waals surface area contributed by atoms with Gasteiger partial charge in [0.1, 0.15) is 12.2 Å². The van der Waals surface area contributed by atoms with Gasteiger partial charge in [0.05, 0.1) is 16.9 Å². The average Bonchev–Trinajstić information content (AvgIpc) is 2.86. The predicted molar refractivity (Wildman–Crippen MR) is 66.8 cm³/mol. The highest BCUT2D eigenvalue weighted by molar-refractivity contribution is 5.91. The first kappa shape index (κ1) is 12.2. The van der Waals surface area contributed by atoms with Crippen LogP contribution in [-0.2, 0) is 23.8 Å². The van der Waals surface area contributed by atoms with Crippen molar-refractivity contribution in [2.45, 2.75) is 49.8 Å². The van der Waals surface area contributed by atoms with Crippen LogP contribution in [0.25, 0.3) is 0 Å². The molecule has 6 heteroatoms. The molecular weight excluding hydrogens is 276 g/mol. The molecule has 2 bridgehead atoms. The van der Waals surface area contributed by atoms with Crippen LogP contribution in [0.15, 0.2) is 12.2 Å². The number of rotatable bonds is 1. The molecule has 0 aromatic rings. The second kappa shape index (κ2) is 2.90. The zero-order valence-corrected chi connectivity index (χ0v) is 11.8. The van der Waals surface area contributed by atoms with E-state index in [9.17, 15) is 14.7 Å². The van der Waals surface area contributed by atoms with Crippen molar-refractivity contribution in [3.63, 3.8) is 0 Å². The highest BCUT2D eigenvalue weighted by Gasteiger charge is 2.95. The number of carbonyl (C=O) groups excluding carboxylic acids is 2. The van der Waals surface area contributed by atoms with Gasteiger partial charge in [-0.25, -0.2) is 4.79 Å². The largest absolute Gasteiger partial charge is 0.457 e. The Bertz CT molecular complexity index is 642. The number of hydrogen-bond donors (Lipinski definition) is 1. The number of fused-ring (bicyclic) bond motifs is 4. The summed E-state index contributed by atoms with van der Waals surface area (Å²) in [5.74, 6) is -1.86. The number of esters is 2. The van der Waals surface area contributed by atoms with E-state index in [1.165, 1.54) is 0 Å². The Morgan fingerprint density at radius 2 is 2.10 bits per heavy atom. The quantitative estimate of drug-likeness (QED) is 0.414. The third-order valence-corrected chi connectivity index (χ3v) is 6.60. The Labute approximate surface area is 121 Å². The van der Waals surface area contributed by atoms with Crippen molar-refractivity contribution in [2.24, 2.45) is 17.3 Å². The minimum absolute atomic E-state index is 0.269. The molecule has 2 unspecified atom stereocenters. The predicted octanol–water partition coefficient (Wildman–Crippen LogP) is -0.0620. The van der Waals surface area contributed by atoms with Gasteiger partial charge < -0.3 is 19.3 Å². The fourth-order valence-corrected chi connectivity index (χ4v) is 5.59. The van der Waals surface area contributed by atoms with E-state index in [4.69, 9.17) is 14.2 Å². The van der Waals surface area contributed by atoms with Crippen LogP contribution in [0.2, 0.25) is 0 Å². The van der Waals surface area contributed by atoms with Gasteiger partial charge in [-0.05, 0) is 13.8 Å². The van der Waals surface area contributed by atoms with Crippen LogP contribution in [0.1, 0.15) is 20.3 Å². The van der Waals surface area contributed by atoms with Crippen molar-refractivity contribution >= 4 is 11.9 Å². The van der Waals surface area contributed by atoms with Crippen LogP contribution in [0, 0.1) is 17.3 Å². The maximum atomic E-state index is 12.3. The Morgan fingerprint density at radius 3 is 2.76 bits per heavy atom. The lowest BCUT2D eigenvalue weighted by molar-refractivity contribution is -0.195. The molecular formula is C15H16O6. The first-order valence-electron chi connectivity index (χ1n) is 7.26. The van der Waals surface area contributed by atoms with E-state index < -0.39 is 46.7 Å². The number of ether oxygens (including phenoxy) is 3. The van der Waals surface area contributed by atoms with Crippen molar-refractivity contribution in [2.75, 3.05) is 0 Å². The SMILES string of the molecule is C=C(C)[C@@H]1[C@H]2OC(=O)[C@@H]1[C@]1(O)CC3OC34C(=O)O[C@H]2[C@@]41C. The van der Waals surface area contributed by atoms with Gasteiger partial charge in [0, 0.05) is 12.3 Å². The van der Waals surface area contributed by atoms with Gasteiger partial charge in [0.25, 0.3) is 0 Å². The molecule has 5 fully saturated rings. The summed E-state index contributed by atoms with van der Waals surface area (Å²) in [6, 6.07) is 0. The third kappa shape index (κ3) is 0.874. The van der Waals surface area contributed by atoms with Crippen LogP contribution in [0.5, 0.6) is 0 Å². The molecule has 8 atom stereocenters. The van der Waals surface area contributed by atoms with E-state index in [-0.39, 0.29) is 18.4 Å². The molecule has 112 valence electrons. The third-order valence-electron chi connectivity index (χ3n) is 6.60. The van der Waals surface area contributed by atoms with E-state index in [1.807, 2.05) is 6.92 Å². The number of epoxide rings is 1. The van der Waals surface area contributed by atoms with Gasteiger partial charge in [0.15, 0.2) is 6.10 Å². The minimum Gasteiger partial charge on any atom is -0.457 e. The van der Waals surface area contributed by atoms with E-state index >= 15 is 0 Å². The Kier molecular flexibility index (Phi) is 1.68. The molecule has 3 aliphatic heterocycles. The molecule has 6 nitrogen and oxygen atoms in total. The zero-order valence-electron chi connectivity index (χ0n) is 11.8. The highest BCUT2D eigenvalue weighted by atomic mass is 16.7. The zero-order chi connectivity index (χ0) is 14.9. The van der Waals surface area contributed by atoms with Gasteiger partial charge in [-0.15, -0.1) is 0 Å². The summed E-state index contributed by atoms with van der Waals surface area (Å²) in [5.41, 5.74) is -2.60. The minimum atomic E-state index is -1.35. The van der Waals surface area contributed by atoms with E-state index in [0.717, 1.165) is 5.57 Å². The summed E-state index contributed by atoms with van der Waals surface area (Å²) in [6.45, 7) is 7.55. The van der Waals surface area contributed by atoms with Crippen molar-refractivity contribution in [3.8, 4) is 0 Å². The average molecular weight is 292 g/mol.